The molecule has 0 saturated heterocycles. The van der Waals surface area contributed by atoms with Crippen LogP contribution in [0.5, 0.6) is 5.75 Å². The average molecular weight is 258 g/mol. The molecule has 0 atom stereocenters. The minimum absolute atomic E-state index is 0.283. The van der Waals surface area contributed by atoms with Crippen molar-refractivity contribution in [1.82, 2.24) is 9.13 Å². The highest BCUT2D eigenvalue weighted by atomic mass is 16.5. The van der Waals surface area contributed by atoms with Crippen LogP contribution in [0.25, 0.3) is 21.9 Å². The molecule has 0 bridgehead atoms. The maximum atomic E-state index is 11.2. The van der Waals surface area contributed by atoms with Crippen molar-refractivity contribution in [2.45, 2.75) is 0 Å². The van der Waals surface area contributed by atoms with Gasteiger partial charge in [0.15, 0.2) is 0 Å². The number of ether oxygens (including phenoxy) is 1. The quantitative estimate of drug-likeness (QED) is 0.767. The molecule has 0 aliphatic rings. The first-order valence-corrected chi connectivity index (χ1v) is 5.89. The molecule has 5 nitrogen and oxygen atoms in total. The lowest BCUT2D eigenvalue weighted by molar-refractivity contribution is 0.0687. The monoisotopic (exact) mass is 258 g/mol. The summed E-state index contributed by atoms with van der Waals surface area (Å²) in [5.41, 5.74) is 3.15. The number of carbonyl (C=O) groups is 1. The van der Waals surface area contributed by atoms with E-state index in [4.69, 9.17) is 4.74 Å². The molecule has 98 valence electrons. The first-order valence-electron chi connectivity index (χ1n) is 5.89. The van der Waals surface area contributed by atoms with Crippen molar-refractivity contribution in [1.29, 1.82) is 0 Å². The van der Waals surface area contributed by atoms with E-state index in [1.807, 2.05) is 29.8 Å². The topological polar surface area (TPSA) is 56.4 Å². The van der Waals surface area contributed by atoms with Crippen molar-refractivity contribution in [2.24, 2.45) is 14.1 Å². The van der Waals surface area contributed by atoms with Gasteiger partial charge in [-0.3, -0.25) is 0 Å². The van der Waals surface area contributed by atoms with E-state index in [2.05, 4.69) is 0 Å². The average Bonchev–Trinajstić information content (AvgIpc) is 2.87. The number of benzene rings is 1. The van der Waals surface area contributed by atoms with Crippen LogP contribution in [0.4, 0.5) is 0 Å². The molecule has 0 spiro atoms. The fourth-order valence-corrected chi connectivity index (χ4v) is 2.62. The molecule has 19 heavy (non-hydrogen) atoms. The second-order valence-corrected chi connectivity index (χ2v) is 4.57. The largest absolute Gasteiger partial charge is 0.497 e. The van der Waals surface area contributed by atoms with Gasteiger partial charge in [0.1, 0.15) is 11.4 Å². The van der Waals surface area contributed by atoms with E-state index in [-0.39, 0.29) is 5.69 Å². The summed E-state index contributed by atoms with van der Waals surface area (Å²) in [6.45, 7) is 0. The Kier molecular flexibility index (Phi) is 2.32. The SMILES string of the molecule is COc1ccc2c(c1)c1c(cc(C(=O)O)n1C)n2C. The number of carboxylic acids is 1. The van der Waals surface area contributed by atoms with Gasteiger partial charge in [0.05, 0.1) is 23.7 Å². The van der Waals surface area contributed by atoms with Crippen LogP contribution in [0, 0.1) is 0 Å². The van der Waals surface area contributed by atoms with Gasteiger partial charge >= 0.3 is 5.97 Å². The van der Waals surface area contributed by atoms with E-state index in [1.54, 1.807) is 24.8 Å². The van der Waals surface area contributed by atoms with Gasteiger partial charge in [0.25, 0.3) is 0 Å². The standard InChI is InChI=1S/C14H14N2O3/c1-15-10-5-4-8(19-3)6-9(10)13-11(15)7-12(14(17)18)16(13)2/h4-7H,1-3H3,(H,17,18). The summed E-state index contributed by atoms with van der Waals surface area (Å²) in [5.74, 6) is -0.159. The minimum atomic E-state index is -0.922. The van der Waals surface area contributed by atoms with Gasteiger partial charge in [-0.15, -0.1) is 0 Å². The molecular formula is C14H14N2O3. The lowest BCUT2D eigenvalue weighted by atomic mass is 10.2. The van der Waals surface area contributed by atoms with Gasteiger partial charge < -0.3 is 19.0 Å². The van der Waals surface area contributed by atoms with Gasteiger partial charge in [0.2, 0.25) is 0 Å². The third kappa shape index (κ3) is 1.44. The Bertz CT molecular complexity index is 811. The van der Waals surface area contributed by atoms with Gasteiger partial charge in [-0.25, -0.2) is 4.79 Å². The van der Waals surface area contributed by atoms with Crippen molar-refractivity contribution >= 4 is 27.9 Å². The fourth-order valence-electron chi connectivity index (χ4n) is 2.62. The molecule has 0 aliphatic heterocycles. The summed E-state index contributed by atoms with van der Waals surface area (Å²) >= 11 is 0. The van der Waals surface area contributed by atoms with E-state index in [0.717, 1.165) is 27.7 Å². The Morgan fingerprint density at radius 2 is 1.89 bits per heavy atom. The number of carboxylic acid groups (broad SMARTS) is 1. The Morgan fingerprint density at radius 3 is 2.53 bits per heavy atom. The van der Waals surface area contributed by atoms with Crippen LogP contribution in [0.15, 0.2) is 24.3 Å². The van der Waals surface area contributed by atoms with Crippen molar-refractivity contribution in [3.63, 3.8) is 0 Å². The van der Waals surface area contributed by atoms with E-state index in [9.17, 15) is 9.90 Å². The first kappa shape index (κ1) is 11.6. The summed E-state index contributed by atoms with van der Waals surface area (Å²) in [6.07, 6.45) is 0. The Hall–Kier alpha value is -2.43. The number of fused-ring (bicyclic) bond motifs is 3. The van der Waals surface area contributed by atoms with Crippen LogP contribution in [-0.4, -0.2) is 27.3 Å². The number of methoxy groups -OCH3 is 1. The second-order valence-electron chi connectivity index (χ2n) is 4.57. The van der Waals surface area contributed by atoms with Crippen LogP contribution < -0.4 is 4.74 Å². The Labute approximate surface area is 109 Å². The summed E-state index contributed by atoms with van der Waals surface area (Å²) in [6, 6.07) is 7.52. The number of aromatic nitrogens is 2. The van der Waals surface area contributed by atoms with Crippen molar-refractivity contribution in [2.75, 3.05) is 7.11 Å². The predicted octanol–water partition coefficient (Wildman–Crippen LogP) is 2.38. The molecule has 1 aromatic carbocycles. The molecule has 0 radical (unpaired) electrons. The molecule has 0 unspecified atom stereocenters. The first-order chi connectivity index (χ1) is 9.04. The van der Waals surface area contributed by atoms with Crippen LogP contribution in [-0.2, 0) is 14.1 Å². The van der Waals surface area contributed by atoms with Crippen molar-refractivity contribution < 1.29 is 14.6 Å². The molecule has 0 aliphatic carbocycles. The van der Waals surface area contributed by atoms with Gasteiger partial charge in [-0.1, -0.05) is 0 Å². The van der Waals surface area contributed by atoms with Crippen LogP contribution >= 0.6 is 0 Å². The predicted molar refractivity (Wildman–Crippen MR) is 72.9 cm³/mol. The van der Waals surface area contributed by atoms with Crippen molar-refractivity contribution in [3.05, 3.63) is 30.0 Å². The molecule has 2 heterocycles. The van der Waals surface area contributed by atoms with E-state index < -0.39 is 5.97 Å². The maximum absolute atomic E-state index is 11.2. The van der Waals surface area contributed by atoms with E-state index in [1.165, 1.54) is 0 Å². The molecule has 3 rings (SSSR count). The van der Waals surface area contributed by atoms with Gasteiger partial charge in [-0.05, 0) is 24.3 Å². The van der Waals surface area contributed by atoms with Crippen LogP contribution in [0.1, 0.15) is 10.5 Å². The Balaban J connectivity index is 2.49. The normalized spacial score (nSPS) is 11.3. The molecule has 1 N–H and O–H groups in total. The summed E-state index contributed by atoms with van der Waals surface area (Å²) in [4.78, 5) is 11.2. The third-order valence-corrected chi connectivity index (χ3v) is 3.61. The zero-order valence-corrected chi connectivity index (χ0v) is 11.0. The maximum Gasteiger partial charge on any atom is 0.352 e. The van der Waals surface area contributed by atoms with Crippen LogP contribution in [0.3, 0.4) is 0 Å². The molecule has 5 heteroatoms. The number of aryl methyl sites for hydroxylation is 2. The molecule has 0 amide bonds. The number of hydrogen-bond donors (Lipinski definition) is 1. The number of hydrogen-bond acceptors (Lipinski definition) is 2. The lowest BCUT2D eigenvalue weighted by Crippen LogP contribution is -2.03. The molecule has 0 saturated carbocycles. The number of rotatable bonds is 2. The molecular weight excluding hydrogens is 244 g/mol. The minimum Gasteiger partial charge on any atom is -0.497 e. The summed E-state index contributed by atoms with van der Waals surface area (Å²) in [5, 5.41) is 10.2. The summed E-state index contributed by atoms with van der Waals surface area (Å²) < 4.78 is 8.94. The number of aromatic carboxylic acids is 1. The summed E-state index contributed by atoms with van der Waals surface area (Å²) in [7, 11) is 5.32. The zero-order valence-electron chi connectivity index (χ0n) is 11.0. The lowest BCUT2D eigenvalue weighted by Gasteiger charge is -2.03. The highest BCUT2D eigenvalue weighted by Crippen LogP contribution is 2.32. The van der Waals surface area contributed by atoms with Gasteiger partial charge in [-0.2, -0.15) is 0 Å². The third-order valence-electron chi connectivity index (χ3n) is 3.61. The highest BCUT2D eigenvalue weighted by molar-refractivity contribution is 6.09. The molecule has 3 aromatic rings. The molecule has 0 fully saturated rings. The molecule has 2 aromatic heterocycles. The van der Waals surface area contributed by atoms with Crippen molar-refractivity contribution in [3.8, 4) is 5.75 Å². The Morgan fingerprint density at radius 1 is 1.16 bits per heavy atom. The second kappa shape index (κ2) is 3.78. The zero-order chi connectivity index (χ0) is 13.7. The highest BCUT2D eigenvalue weighted by Gasteiger charge is 2.18. The van der Waals surface area contributed by atoms with E-state index >= 15 is 0 Å². The van der Waals surface area contributed by atoms with Crippen LogP contribution in [0.2, 0.25) is 0 Å². The smallest absolute Gasteiger partial charge is 0.352 e. The number of nitrogens with zero attached hydrogens (tertiary/aromatic N) is 2. The van der Waals surface area contributed by atoms with Gasteiger partial charge in [0, 0.05) is 19.5 Å². The van der Waals surface area contributed by atoms with E-state index in [0.29, 0.717) is 0 Å². The fraction of sp³-hybridized carbons (Fsp3) is 0.214.